The average Bonchev–Trinajstić information content (AvgIpc) is 3.00. The first kappa shape index (κ1) is 15.5. The van der Waals surface area contributed by atoms with Crippen LogP contribution in [0.4, 0.5) is 0 Å². The van der Waals surface area contributed by atoms with Crippen molar-refractivity contribution in [2.24, 2.45) is 5.92 Å². The largest absolute Gasteiger partial charge is 0.481 e. The van der Waals surface area contributed by atoms with E-state index in [4.69, 9.17) is 0 Å². The molecule has 2 heterocycles. The van der Waals surface area contributed by atoms with E-state index in [1.807, 2.05) is 0 Å². The van der Waals surface area contributed by atoms with E-state index in [-0.39, 0.29) is 12.0 Å². The summed E-state index contributed by atoms with van der Waals surface area (Å²) in [4.78, 5) is 16.0. The minimum Gasteiger partial charge on any atom is -0.481 e. The number of nitrogens with one attached hydrogen (secondary N) is 1. The average molecular weight is 303 g/mol. The van der Waals surface area contributed by atoms with Crippen molar-refractivity contribution >= 4 is 5.97 Å². The van der Waals surface area contributed by atoms with E-state index in [9.17, 15) is 9.90 Å². The van der Waals surface area contributed by atoms with Crippen LogP contribution in [0.25, 0.3) is 0 Å². The van der Waals surface area contributed by atoms with Crippen molar-refractivity contribution in [3.63, 3.8) is 0 Å². The van der Waals surface area contributed by atoms with Gasteiger partial charge >= 0.3 is 5.97 Å². The van der Waals surface area contributed by atoms with Crippen LogP contribution in [-0.4, -0.2) is 60.6 Å². The van der Waals surface area contributed by atoms with Crippen LogP contribution in [0.2, 0.25) is 0 Å². The molecule has 5 heteroatoms. The second-order valence-electron chi connectivity index (χ2n) is 6.51. The molecule has 1 aromatic carbocycles. The lowest BCUT2D eigenvalue weighted by molar-refractivity contribution is -0.141. The number of piperazine rings is 1. The van der Waals surface area contributed by atoms with Crippen LogP contribution in [0.3, 0.4) is 0 Å². The van der Waals surface area contributed by atoms with Gasteiger partial charge in [0.05, 0.1) is 5.92 Å². The number of hydrogen-bond donors (Lipinski definition) is 2. The lowest BCUT2D eigenvalue weighted by Crippen LogP contribution is -2.44. The summed E-state index contributed by atoms with van der Waals surface area (Å²) in [5.74, 6) is -0.951. The van der Waals surface area contributed by atoms with Crippen molar-refractivity contribution < 1.29 is 9.90 Å². The van der Waals surface area contributed by atoms with E-state index >= 15 is 0 Å². The second kappa shape index (κ2) is 6.77. The van der Waals surface area contributed by atoms with Crippen molar-refractivity contribution in [1.82, 2.24) is 15.1 Å². The first-order chi connectivity index (χ1) is 10.6. The molecule has 0 aromatic heterocycles. The number of nitrogens with zero attached hydrogens (tertiary/aromatic N) is 2. The highest BCUT2D eigenvalue weighted by molar-refractivity contribution is 5.70. The molecule has 2 atom stereocenters. The van der Waals surface area contributed by atoms with Crippen LogP contribution >= 0.6 is 0 Å². The van der Waals surface area contributed by atoms with E-state index in [0.29, 0.717) is 13.0 Å². The van der Waals surface area contributed by atoms with Crippen molar-refractivity contribution in [3.05, 3.63) is 35.4 Å². The SMILES string of the molecule is CN1CCN(Cc2ccccc2C2CC(C(=O)O)CN2)CC1. The molecule has 0 radical (unpaired) electrons. The van der Waals surface area contributed by atoms with Gasteiger partial charge in [-0.2, -0.15) is 0 Å². The predicted molar refractivity (Wildman–Crippen MR) is 85.7 cm³/mol. The van der Waals surface area contributed by atoms with Gasteiger partial charge in [0.2, 0.25) is 0 Å². The second-order valence-corrected chi connectivity index (χ2v) is 6.51. The Bertz CT molecular complexity index is 526. The Morgan fingerprint density at radius 2 is 2.00 bits per heavy atom. The van der Waals surface area contributed by atoms with Crippen molar-refractivity contribution in [2.45, 2.75) is 19.0 Å². The maximum absolute atomic E-state index is 11.2. The summed E-state index contributed by atoms with van der Waals surface area (Å²) in [6, 6.07) is 8.64. The third-order valence-corrected chi connectivity index (χ3v) is 4.90. The Labute approximate surface area is 131 Å². The number of hydrogen-bond acceptors (Lipinski definition) is 4. The predicted octanol–water partition coefficient (Wildman–Crippen LogP) is 1.17. The Morgan fingerprint density at radius 1 is 1.27 bits per heavy atom. The van der Waals surface area contributed by atoms with Crippen molar-refractivity contribution in [2.75, 3.05) is 39.8 Å². The van der Waals surface area contributed by atoms with Gasteiger partial charge in [-0.05, 0) is 24.6 Å². The maximum Gasteiger partial charge on any atom is 0.307 e. The van der Waals surface area contributed by atoms with Crippen LogP contribution in [0.1, 0.15) is 23.6 Å². The van der Waals surface area contributed by atoms with Crippen LogP contribution in [0, 0.1) is 5.92 Å². The maximum atomic E-state index is 11.2. The molecule has 22 heavy (non-hydrogen) atoms. The van der Waals surface area contributed by atoms with Crippen LogP contribution in [0.5, 0.6) is 0 Å². The fraction of sp³-hybridized carbons (Fsp3) is 0.588. The fourth-order valence-corrected chi connectivity index (χ4v) is 3.43. The smallest absolute Gasteiger partial charge is 0.307 e. The third-order valence-electron chi connectivity index (χ3n) is 4.90. The molecule has 0 amide bonds. The molecule has 3 rings (SSSR count). The molecule has 0 bridgehead atoms. The Hall–Kier alpha value is -1.43. The number of benzene rings is 1. The summed E-state index contributed by atoms with van der Waals surface area (Å²) in [6.45, 7) is 5.96. The molecule has 5 nitrogen and oxygen atoms in total. The van der Waals surface area contributed by atoms with Crippen LogP contribution in [0.15, 0.2) is 24.3 Å². The third kappa shape index (κ3) is 3.48. The summed E-state index contributed by atoms with van der Waals surface area (Å²) in [5.41, 5.74) is 2.60. The van der Waals surface area contributed by atoms with Gasteiger partial charge in [-0.3, -0.25) is 9.69 Å². The fourth-order valence-electron chi connectivity index (χ4n) is 3.43. The van der Waals surface area contributed by atoms with Gasteiger partial charge in [-0.15, -0.1) is 0 Å². The molecular weight excluding hydrogens is 278 g/mol. The normalized spacial score (nSPS) is 27.1. The minimum absolute atomic E-state index is 0.171. The van der Waals surface area contributed by atoms with Crippen molar-refractivity contribution in [3.8, 4) is 0 Å². The van der Waals surface area contributed by atoms with Crippen LogP contribution < -0.4 is 5.32 Å². The summed E-state index contributed by atoms with van der Waals surface area (Å²) in [5, 5.41) is 12.6. The van der Waals surface area contributed by atoms with E-state index < -0.39 is 5.97 Å². The topological polar surface area (TPSA) is 55.8 Å². The Kier molecular flexibility index (Phi) is 4.76. The molecule has 0 spiro atoms. The molecule has 0 saturated carbocycles. The summed E-state index contributed by atoms with van der Waals surface area (Å²) in [6.07, 6.45) is 0.690. The minimum atomic E-state index is -0.688. The molecule has 120 valence electrons. The van der Waals surface area contributed by atoms with Gasteiger partial charge in [0, 0.05) is 45.3 Å². The van der Waals surface area contributed by atoms with Gasteiger partial charge in [0.1, 0.15) is 0 Å². The molecule has 2 aliphatic rings. The van der Waals surface area contributed by atoms with E-state index in [1.165, 1.54) is 11.1 Å². The number of likely N-dealkylation sites (N-methyl/N-ethyl adjacent to an activating group) is 1. The van der Waals surface area contributed by atoms with Gasteiger partial charge in [-0.25, -0.2) is 0 Å². The summed E-state index contributed by atoms with van der Waals surface area (Å²) in [7, 11) is 2.17. The molecule has 0 aliphatic carbocycles. The quantitative estimate of drug-likeness (QED) is 0.874. The van der Waals surface area contributed by atoms with Crippen LogP contribution in [-0.2, 0) is 11.3 Å². The molecular formula is C17H25N3O2. The van der Waals surface area contributed by atoms with E-state index in [0.717, 1.165) is 32.7 Å². The summed E-state index contributed by atoms with van der Waals surface area (Å²) >= 11 is 0. The molecule has 1 aromatic rings. The molecule has 2 N–H and O–H groups in total. The number of rotatable bonds is 4. The first-order valence-corrected chi connectivity index (χ1v) is 8.08. The lowest BCUT2D eigenvalue weighted by Gasteiger charge is -2.33. The number of carboxylic acid groups (broad SMARTS) is 1. The van der Waals surface area contributed by atoms with Gasteiger partial charge < -0.3 is 15.3 Å². The Balaban J connectivity index is 1.69. The zero-order valence-electron chi connectivity index (χ0n) is 13.2. The highest BCUT2D eigenvalue weighted by Crippen LogP contribution is 2.30. The number of carboxylic acids is 1. The van der Waals surface area contributed by atoms with Crippen molar-refractivity contribution in [1.29, 1.82) is 0 Å². The molecule has 2 unspecified atom stereocenters. The van der Waals surface area contributed by atoms with Gasteiger partial charge in [0.15, 0.2) is 0 Å². The number of carbonyl (C=O) groups is 1. The monoisotopic (exact) mass is 303 g/mol. The zero-order chi connectivity index (χ0) is 15.5. The van der Waals surface area contributed by atoms with Gasteiger partial charge in [0.25, 0.3) is 0 Å². The molecule has 2 fully saturated rings. The first-order valence-electron chi connectivity index (χ1n) is 8.08. The van der Waals surface area contributed by atoms with Gasteiger partial charge in [-0.1, -0.05) is 24.3 Å². The Morgan fingerprint density at radius 3 is 2.68 bits per heavy atom. The zero-order valence-corrected chi connectivity index (χ0v) is 13.2. The standard InChI is InChI=1S/C17H25N3O2/c1-19-6-8-20(9-7-19)12-13-4-2-3-5-15(13)16-10-14(11-18-16)17(21)22/h2-5,14,16,18H,6-12H2,1H3,(H,21,22). The van der Waals surface area contributed by atoms with E-state index in [2.05, 4.69) is 46.4 Å². The highest BCUT2D eigenvalue weighted by atomic mass is 16.4. The van der Waals surface area contributed by atoms with E-state index in [1.54, 1.807) is 0 Å². The molecule has 2 aliphatic heterocycles. The summed E-state index contributed by atoms with van der Waals surface area (Å²) < 4.78 is 0. The lowest BCUT2D eigenvalue weighted by atomic mass is 9.95. The highest BCUT2D eigenvalue weighted by Gasteiger charge is 2.31. The number of aliphatic carboxylic acids is 1. The molecule has 2 saturated heterocycles.